The van der Waals surface area contributed by atoms with E-state index in [4.69, 9.17) is 10.5 Å². The summed E-state index contributed by atoms with van der Waals surface area (Å²) in [6.45, 7) is 4.92. The first kappa shape index (κ1) is 18.2. The van der Waals surface area contributed by atoms with Crippen LogP contribution in [-0.2, 0) is 14.3 Å². The van der Waals surface area contributed by atoms with E-state index in [1.165, 1.54) is 6.92 Å². The van der Waals surface area contributed by atoms with Crippen molar-refractivity contribution in [2.45, 2.75) is 32.9 Å². The lowest BCUT2D eigenvalue weighted by Gasteiger charge is -2.22. The summed E-state index contributed by atoms with van der Waals surface area (Å²) in [5.74, 6) is -2.02. The van der Waals surface area contributed by atoms with Gasteiger partial charge < -0.3 is 15.8 Å². The third-order valence-corrected chi connectivity index (χ3v) is 3.54. The molecule has 1 rings (SSSR count). The van der Waals surface area contributed by atoms with Gasteiger partial charge in [0, 0.05) is 10.0 Å². The molecule has 0 spiro atoms. The summed E-state index contributed by atoms with van der Waals surface area (Å²) < 4.78 is 5.80. The molecule has 0 saturated heterocycles. The average molecular weight is 371 g/mol. The van der Waals surface area contributed by atoms with E-state index in [1.807, 2.05) is 0 Å². The zero-order valence-corrected chi connectivity index (χ0v) is 14.2. The van der Waals surface area contributed by atoms with E-state index in [9.17, 15) is 14.4 Å². The van der Waals surface area contributed by atoms with E-state index < -0.39 is 29.9 Å². The SMILES string of the molecule is CC(C)[C@H](NC(=O)c1ccc(Br)cc1)C(=O)O[C@@H](C)C(N)=O. The Hall–Kier alpha value is -1.89. The zero-order chi connectivity index (χ0) is 16.9. The number of nitrogens with two attached hydrogens (primary N) is 1. The number of halogens is 1. The standard InChI is InChI=1S/C15H19BrN2O4/c1-8(2)12(15(21)22-9(3)13(17)19)18-14(20)10-4-6-11(16)7-5-10/h4-9,12H,1-3H3,(H2,17,19)(H,18,20)/t9-,12-/m0/s1. The molecule has 0 aliphatic rings. The number of hydrogen-bond donors (Lipinski definition) is 2. The predicted molar refractivity (Wildman–Crippen MR) is 85.0 cm³/mol. The van der Waals surface area contributed by atoms with Gasteiger partial charge in [-0.2, -0.15) is 0 Å². The van der Waals surface area contributed by atoms with Crippen LogP contribution in [0.25, 0.3) is 0 Å². The van der Waals surface area contributed by atoms with Gasteiger partial charge in [0.05, 0.1) is 0 Å². The number of carbonyl (C=O) groups excluding carboxylic acids is 3. The number of amides is 2. The molecule has 0 heterocycles. The van der Waals surface area contributed by atoms with Crippen LogP contribution in [0.2, 0.25) is 0 Å². The summed E-state index contributed by atoms with van der Waals surface area (Å²) in [7, 11) is 0. The Morgan fingerprint density at radius 1 is 1.14 bits per heavy atom. The zero-order valence-electron chi connectivity index (χ0n) is 12.6. The van der Waals surface area contributed by atoms with Crippen molar-refractivity contribution in [3.8, 4) is 0 Å². The molecule has 120 valence electrons. The maximum atomic E-state index is 12.2. The number of carbonyl (C=O) groups is 3. The van der Waals surface area contributed by atoms with E-state index in [-0.39, 0.29) is 5.92 Å². The topological polar surface area (TPSA) is 98.5 Å². The van der Waals surface area contributed by atoms with Crippen LogP contribution in [0.15, 0.2) is 28.7 Å². The first-order valence-corrected chi connectivity index (χ1v) is 7.58. The first-order valence-electron chi connectivity index (χ1n) is 6.78. The molecular formula is C15H19BrN2O4. The molecule has 0 aliphatic carbocycles. The normalized spacial score (nSPS) is 13.3. The largest absolute Gasteiger partial charge is 0.451 e. The van der Waals surface area contributed by atoms with Gasteiger partial charge >= 0.3 is 5.97 Å². The molecule has 0 bridgehead atoms. The van der Waals surface area contributed by atoms with Crippen LogP contribution in [0.4, 0.5) is 0 Å². The summed E-state index contributed by atoms with van der Waals surface area (Å²) in [6.07, 6.45) is -1.04. The van der Waals surface area contributed by atoms with Crippen molar-refractivity contribution >= 4 is 33.7 Å². The molecule has 2 atom stereocenters. The Bertz CT molecular complexity index is 557. The average Bonchev–Trinajstić information content (AvgIpc) is 2.44. The summed E-state index contributed by atoms with van der Waals surface area (Å²) >= 11 is 3.28. The van der Waals surface area contributed by atoms with E-state index in [2.05, 4.69) is 21.2 Å². The van der Waals surface area contributed by atoms with E-state index in [0.717, 1.165) is 4.47 Å². The number of benzene rings is 1. The van der Waals surface area contributed by atoms with Gasteiger partial charge in [0.2, 0.25) is 0 Å². The Balaban J connectivity index is 2.79. The van der Waals surface area contributed by atoms with Crippen LogP contribution >= 0.6 is 15.9 Å². The lowest BCUT2D eigenvalue weighted by atomic mass is 10.0. The summed E-state index contributed by atoms with van der Waals surface area (Å²) in [5.41, 5.74) is 5.48. The van der Waals surface area contributed by atoms with Gasteiger partial charge in [0.25, 0.3) is 11.8 Å². The number of ether oxygens (including phenoxy) is 1. The quantitative estimate of drug-likeness (QED) is 0.743. The summed E-state index contributed by atoms with van der Waals surface area (Å²) in [6, 6.07) is 5.86. The Labute approximate surface area is 137 Å². The van der Waals surface area contributed by atoms with Gasteiger partial charge in [-0.1, -0.05) is 29.8 Å². The molecule has 0 unspecified atom stereocenters. The van der Waals surface area contributed by atoms with Crippen LogP contribution < -0.4 is 11.1 Å². The molecule has 1 aromatic carbocycles. The van der Waals surface area contributed by atoms with Crippen LogP contribution in [-0.4, -0.2) is 29.9 Å². The molecule has 22 heavy (non-hydrogen) atoms. The van der Waals surface area contributed by atoms with Crippen molar-refractivity contribution in [1.82, 2.24) is 5.32 Å². The number of primary amides is 1. The molecule has 0 fully saturated rings. The monoisotopic (exact) mass is 370 g/mol. The fourth-order valence-electron chi connectivity index (χ4n) is 1.63. The summed E-state index contributed by atoms with van der Waals surface area (Å²) in [4.78, 5) is 35.2. The molecule has 7 heteroatoms. The molecule has 3 N–H and O–H groups in total. The van der Waals surface area contributed by atoms with Crippen molar-refractivity contribution in [1.29, 1.82) is 0 Å². The third-order valence-electron chi connectivity index (χ3n) is 3.01. The lowest BCUT2D eigenvalue weighted by Crippen LogP contribution is -2.47. The highest BCUT2D eigenvalue weighted by Gasteiger charge is 2.28. The number of hydrogen-bond acceptors (Lipinski definition) is 4. The van der Waals surface area contributed by atoms with Gasteiger partial charge in [-0.15, -0.1) is 0 Å². The second-order valence-electron chi connectivity index (χ2n) is 5.18. The van der Waals surface area contributed by atoms with Crippen molar-refractivity contribution in [3.63, 3.8) is 0 Å². The predicted octanol–water partition coefficient (Wildman–Crippen LogP) is 1.62. The van der Waals surface area contributed by atoms with E-state index >= 15 is 0 Å². The molecule has 0 saturated carbocycles. The number of rotatable bonds is 6. The Kier molecular flexibility index (Phi) is 6.55. The minimum Gasteiger partial charge on any atom is -0.451 e. The molecular weight excluding hydrogens is 352 g/mol. The van der Waals surface area contributed by atoms with Crippen LogP contribution in [0.1, 0.15) is 31.1 Å². The number of nitrogens with one attached hydrogen (secondary N) is 1. The summed E-state index contributed by atoms with van der Waals surface area (Å²) in [5, 5.41) is 2.62. The van der Waals surface area contributed by atoms with Gasteiger partial charge in [0.1, 0.15) is 6.04 Å². The fourth-order valence-corrected chi connectivity index (χ4v) is 1.89. The van der Waals surface area contributed by atoms with Gasteiger partial charge in [0.15, 0.2) is 6.10 Å². The molecule has 1 aromatic rings. The van der Waals surface area contributed by atoms with Crippen molar-refractivity contribution in [2.24, 2.45) is 11.7 Å². The first-order chi connectivity index (χ1) is 10.2. The molecule has 6 nitrogen and oxygen atoms in total. The van der Waals surface area contributed by atoms with Gasteiger partial charge in [-0.25, -0.2) is 4.79 Å². The molecule has 0 radical (unpaired) electrons. The van der Waals surface area contributed by atoms with Crippen molar-refractivity contribution in [3.05, 3.63) is 34.3 Å². The molecule has 0 aromatic heterocycles. The highest BCUT2D eigenvalue weighted by atomic mass is 79.9. The van der Waals surface area contributed by atoms with Crippen LogP contribution in [0.3, 0.4) is 0 Å². The fraction of sp³-hybridized carbons (Fsp3) is 0.400. The second-order valence-corrected chi connectivity index (χ2v) is 6.10. The van der Waals surface area contributed by atoms with Crippen molar-refractivity contribution in [2.75, 3.05) is 0 Å². The highest BCUT2D eigenvalue weighted by molar-refractivity contribution is 9.10. The van der Waals surface area contributed by atoms with E-state index in [1.54, 1.807) is 38.1 Å². The van der Waals surface area contributed by atoms with Gasteiger partial charge in [-0.3, -0.25) is 9.59 Å². The maximum absolute atomic E-state index is 12.2. The molecule has 0 aliphatic heterocycles. The van der Waals surface area contributed by atoms with Crippen molar-refractivity contribution < 1.29 is 19.1 Å². The third kappa shape index (κ3) is 5.14. The van der Waals surface area contributed by atoms with Crippen LogP contribution in [0.5, 0.6) is 0 Å². The number of esters is 1. The van der Waals surface area contributed by atoms with Gasteiger partial charge in [-0.05, 0) is 37.1 Å². The Morgan fingerprint density at radius 3 is 2.14 bits per heavy atom. The lowest BCUT2D eigenvalue weighted by molar-refractivity contribution is -0.156. The minimum atomic E-state index is -1.04. The minimum absolute atomic E-state index is 0.202. The van der Waals surface area contributed by atoms with Crippen LogP contribution in [0, 0.1) is 5.92 Å². The molecule has 2 amide bonds. The van der Waals surface area contributed by atoms with E-state index in [0.29, 0.717) is 5.56 Å². The smallest absolute Gasteiger partial charge is 0.329 e. The highest BCUT2D eigenvalue weighted by Crippen LogP contribution is 2.12. The second kappa shape index (κ2) is 7.93. The Morgan fingerprint density at radius 2 is 1.68 bits per heavy atom. The maximum Gasteiger partial charge on any atom is 0.329 e.